The Morgan fingerprint density at radius 1 is 1.50 bits per heavy atom. The van der Waals surface area contributed by atoms with Crippen molar-refractivity contribution < 1.29 is 19.0 Å². The first-order valence-electron chi connectivity index (χ1n) is 5.68. The molecule has 1 N–H and O–H groups in total. The van der Waals surface area contributed by atoms with Crippen LogP contribution in [0.4, 0.5) is 4.39 Å². The zero-order valence-corrected chi connectivity index (χ0v) is 12.4. The van der Waals surface area contributed by atoms with Gasteiger partial charge in [-0.15, -0.1) is 0 Å². The maximum atomic E-state index is 14.0. The standard InChI is InChI=1S/C13H12BrFN2O3/c1-17-12(5-11(16-17)13(18)19)7-3-9(14)8(6-20-2)10(15)4-7/h3-5H,6H2,1-2H3,(H,18,19). The molecule has 0 aliphatic carbocycles. The number of carbonyl (C=O) groups is 1. The molecular weight excluding hydrogens is 331 g/mol. The van der Waals surface area contributed by atoms with Crippen LogP contribution in [0.1, 0.15) is 16.1 Å². The van der Waals surface area contributed by atoms with Crippen molar-refractivity contribution in [2.45, 2.75) is 6.61 Å². The number of hydrogen-bond donors (Lipinski definition) is 1. The monoisotopic (exact) mass is 342 g/mol. The molecule has 1 aromatic carbocycles. The summed E-state index contributed by atoms with van der Waals surface area (Å²) in [5, 5.41) is 12.8. The second kappa shape index (κ2) is 5.72. The van der Waals surface area contributed by atoms with E-state index in [9.17, 15) is 9.18 Å². The molecule has 20 heavy (non-hydrogen) atoms. The fourth-order valence-electron chi connectivity index (χ4n) is 1.88. The van der Waals surface area contributed by atoms with Crippen molar-refractivity contribution in [1.82, 2.24) is 9.78 Å². The molecule has 1 heterocycles. The average molecular weight is 343 g/mol. The van der Waals surface area contributed by atoms with Gasteiger partial charge in [0.1, 0.15) is 5.82 Å². The number of aryl methyl sites for hydroxylation is 1. The molecule has 0 aliphatic heterocycles. The normalized spacial score (nSPS) is 10.8. The van der Waals surface area contributed by atoms with E-state index in [1.165, 1.54) is 23.9 Å². The fraction of sp³-hybridized carbons (Fsp3) is 0.231. The minimum Gasteiger partial charge on any atom is -0.476 e. The Bertz CT molecular complexity index is 647. The second-order valence-corrected chi connectivity index (χ2v) is 5.05. The highest BCUT2D eigenvalue weighted by atomic mass is 79.9. The van der Waals surface area contributed by atoms with Gasteiger partial charge in [0.05, 0.1) is 12.3 Å². The predicted molar refractivity (Wildman–Crippen MR) is 74.0 cm³/mol. The Hall–Kier alpha value is -1.73. The third-order valence-electron chi connectivity index (χ3n) is 2.82. The summed E-state index contributed by atoms with van der Waals surface area (Å²) in [6.45, 7) is 0.151. The van der Waals surface area contributed by atoms with Crippen LogP contribution in [0, 0.1) is 5.82 Å². The fourth-order valence-corrected chi connectivity index (χ4v) is 2.43. The Labute approximate surface area is 123 Å². The molecule has 0 aliphatic rings. The van der Waals surface area contributed by atoms with Gasteiger partial charge in [-0.3, -0.25) is 4.68 Å². The largest absolute Gasteiger partial charge is 0.476 e. The minimum absolute atomic E-state index is 0.0833. The van der Waals surface area contributed by atoms with Crippen LogP contribution in [-0.4, -0.2) is 28.0 Å². The molecule has 0 unspecified atom stereocenters. The van der Waals surface area contributed by atoms with E-state index < -0.39 is 11.8 Å². The van der Waals surface area contributed by atoms with Crippen LogP contribution in [0.25, 0.3) is 11.3 Å². The predicted octanol–water partition coefficient (Wildman–Crippen LogP) is 2.83. The Morgan fingerprint density at radius 2 is 2.20 bits per heavy atom. The van der Waals surface area contributed by atoms with Crippen LogP contribution in [0.5, 0.6) is 0 Å². The van der Waals surface area contributed by atoms with Gasteiger partial charge in [0, 0.05) is 29.8 Å². The van der Waals surface area contributed by atoms with Crippen LogP contribution < -0.4 is 0 Å². The van der Waals surface area contributed by atoms with E-state index in [4.69, 9.17) is 9.84 Å². The number of methoxy groups -OCH3 is 1. The molecule has 2 aromatic rings. The molecule has 7 heteroatoms. The zero-order valence-electron chi connectivity index (χ0n) is 10.9. The summed E-state index contributed by atoms with van der Waals surface area (Å²) in [6.07, 6.45) is 0. The van der Waals surface area contributed by atoms with Gasteiger partial charge in [0.15, 0.2) is 5.69 Å². The third kappa shape index (κ3) is 2.73. The third-order valence-corrected chi connectivity index (χ3v) is 3.53. The van der Waals surface area contributed by atoms with Crippen molar-refractivity contribution in [3.8, 4) is 11.3 Å². The maximum Gasteiger partial charge on any atom is 0.356 e. The van der Waals surface area contributed by atoms with E-state index in [0.717, 1.165) is 0 Å². The van der Waals surface area contributed by atoms with Gasteiger partial charge in [-0.05, 0) is 18.2 Å². The van der Waals surface area contributed by atoms with Crippen LogP contribution in [0.3, 0.4) is 0 Å². The molecule has 0 fully saturated rings. The lowest BCUT2D eigenvalue weighted by atomic mass is 10.1. The van der Waals surface area contributed by atoms with E-state index >= 15 is 0 Å². The summed E-state index contributed by atoms with van der Waals surface area (Å²) >= 11 is 3.29. The molecule has 0 spiro atoms. The lowest BCUT2D eigenvalue weighted by molar-refractivity contribution is 0.0689. The number of carboxylic acids is 1. The van der Waals surface area contributed by atoms with Crippen molar-refractivity contribution in [3.05, 3.63) is 39.7 Å². The highest BCUT2D eigenvalue weighted by Gasteiger charge is 2.16. The molecule has 2 rings (SSSR count). The highest BCUT2D eigenvalue weighted by Crippen LogP contribution is 2.29. The molecule has 1 aromatic heterocycles. The number of rotatable bonds is 4. The van der Waals surface area contributed by atoms with Crippen LogP contribution in [-0.2, 0) is 18.4 Å². The van der Waals surface area contributed by atoms with Crippen LogP contribution in [0.15, 0.2) is 22.7 Å². The molecule has 0 amide bonds. The summed E-state index contributed by atoms with van der Waals surface area (Å²) in [5.41, 5.74) is 1.39. The number of aromatic carboxylic acids is 1. The summed E-state index contributed by atoms with van der Waals surface area (Å²) in [7, 11) is 3.09. The van der Waals surface area contributed by atoms with Gasteiger partial charge in [0.2, 0.25) is 0 Å². The number of aromatic nitrogens is 2. The van der Waals surface area contributed by atoms with E-state index in [1.807, 2.05) is 0 Å². The topological polar surface area (TPSA) is 64.3 Å². The number of benzene rings is 1. The molecule has 0 saturated carbocycles. The molecule has 0 bridgehead atoms. The number of ether oxygens (including phenoxy) is 1. The Morgan fingerprint density at radius 3 is 2.70 bits per heavy atom. The van der Waals surface area contributed by atoms with Crippen LogP contribution >= 0.6 is 15.9 Å². The van der Waals surface area contributed by atoms with Gasteiger partial charge >= 0.3 is 5.97 Å². The summed E-state index contributed by atoms with van der Waals surface area (Å²) in [6, 6.07) is 4.45. The maximum absolute atomic E-state index is 14.0. The van der Waals surface area contributed by atoms with Gasteiger partial charge in [-0.25, -0.2) is 9.18 Å². The van der Waals surface area contributed by atoms with Gasteiger partial charge < -0.3 is 9.84 Å². The van der Waals surface area contributed by atoms with E-state index in [-0.39, 0.29) is 12.3 Å². The van der Waals surface area contributed by atoms with Crippen molar-refractivity contribution in [1.29, 1.82) is 0 Å². The van der Waals surface area contributed by atoms with Gasteiger partial charge in [0.25, 0.3) is 0 Å². The number of nitrogens with zero attached hydrogens (tertiary/aromatic N) is 2. The quantitative estimate of drug-likeness (QED) is 0.927. The number of carboxylic acid groups (broad SMARTS) is 1. The Kier molecular flexibility index (Phi) is 4.20. The van der Waals surface area contributed by atoms with Crippen molar-refractivity contribution in [3.63, 3.8) is 0 Å². The molecule has 5 nitrogen and oxygen atoms in total. The summed E-state index contributed by atoms with van der Waals surface area (Å²) in [5.74, 6) is -1.54. The molecule has 0 atom stereocenters. The first-order valence-corrected chi connectivity index (χ1v) is 6.48. The van der Waals surface area contributed by atoms with Crippen LogP contribution in [0.2, 0.25) is 0 Å². The first-order chi connectivity index (χ1) is 9.43. The molecule has 106 valence electrons. The highest BCUT2D eigenvalue weighted by molar-refractivity contribution is 9.10. The lowest BCUT2D eigenvalue weighted by Crippen LogP contribution is -2.00. The van der Waals surface area contributed by atoms with Gasteiger partial charge in [-0.2, -0.15) is 5.10 Å². The zero-order chi connectivity index (χ0) is 14.9. The summed E-state index contributed by atoms with van der Waals surface area (Å²) < 4.78 is 20.9. The van der Waals surface area contributed by atoms with Crippen molar-refractivity contribution in [2.24, 2.45) is 7.05 Å². The van der Waals surface area contributed by atoms with Crippen molar-refractivity contribution in [2.75, 3.05) is 7.11 Å². The average Bonchev–Trinajstić information content (AvgIpc) is 2.76. The second-order valence-electron chi connectivity index (χ2n) is 4.20. The lowest BCUT2D eigenvalue weighted by Gasteiger charge is -2.08. The molecule has 0 saturated heterocycles. The van der Waals surface area contributed by atoms with E-state index in [1.54, 1.807) is 13.1 Å². The Balaban J connectivity index is 2.51. The summed E-state index contributed by atoms with van der Waals surface area (Å²) in [4.78, 5) is 10.9. The molecule has 0 radical (unpaired) electrons. The minimum atomic E-state index is -1.12. The van der Waals surface area contributed by atoms with E-state index in [2.05, 4.69) is 21.0 Å². The molecular formula is C13H12BrFN2O3. The van der Waals surface area contributed by atoms with Gasteiger partial charge in [-0.1, -0.05) is 15.9 Å². The number of hydrogen-bond acceptors (Lipinski definition) is 3. The first kappa shape index (κ1) is 14.7. The smallest absolute Gasteiger partial charge is 0.356 e. The van der Waals surface area contributed by atoms with Crippen molar-refractivity contribution >= 4 is 21.9 Å². The number of halogens is 2. The SMILES string of the molecule is COCc1c(F)cc(-c2cc(C(=O)O)nn2C)cc1Br. The van der Waals surface area contributed by atoms with E-state index in [0.29, 0.717) is 21.3 Å².